The maximum absolute atomic E-state index is 13.3. The van der Waals surface area contributed by atoms with Gasteiger partial charge in [-0.1, -0.05) is 12.1 Å². The summed E-state index contributed by atoms with van der Waals surface area (Å²) in [5.41, 5.74) is 5.19. The number of nitrogens with zero attached hydrogens (tertiary/aromatic N) is 3. The molecule has 4 rings (SSSR count). The topological polar surface area (TPSA) is 85.7 Å². The van der Waals surface area contributed by atoms with Crippen LogP contribution in [0.15, 0.2) is 72.9 Å². The molecule has 0 aliphatic rings. The Morgan fingerprint density at radius 1 is 0.923 bits per heavy atom. The minimum absolute atomic E-state index is 0.134. The fraction of sp³-hybridized carbons (Fsp3) is 0.258. The fourth-order valence-electron chi connectivity index (χ4n) is 4.17. The normalized spacial score (nSPS) is 10.8. The van der Waals surface area contributed by atoms with Gasteiger partial charge in [0.2, 0.25) is 11.9 Å². The number of hydrogen-bond donors (Lipinski definition) is 1. The van der Waals surface area contributed by atoms with Crippen LogP contribution in [-0.4, -0.2) is 53.1 Å². The molecule has 0 atom stereocenters. The van der Waals surface area contributed by atoms with E-state index >= 15 is 0 Å². The molecule has 1 N–H and O–H groups in total. The third-order valence-electron chi connectivity index (χ3n) is 6.63. The van der Waals surface area contributed by atoms with Gasteiger partial charge in [-0.3, -0.25) is 19.5 Å². The van der Waals surface area contributed by atoms with E-state index in [1.165, 1.54) is 10.5 Å². The minimum atomic E-state index is -0.350. The number of nitrogens with one attached hydrogen (secondary N) is 1. The van der Waals surface area contributed by atoms with Crippen molar-refractivity contribution in [3.05, 3.63) is 89.6 Å². The van der Waals surface area contributed by atoms with Crippen molar-refractivity contribution >= 4 is 17.8 Å². The van der Waals surface area contributed by atoms with Gasteiger partial charge in [0.15, 0.2) is 0 Å². The lowest BCUT2D eigenvalue weighted by atomic mass is 10.1. The summed E-state index contributed by atoms with van der Waals surface area (Å²) >= 11 is 0. The molecule has 2 amide bonds. The van der Waals surface area contributed by atoms with Crippen molar-refractivity contribution in [1.82, 2.24) is 14.5 Å². The highest BCUT2D eigenvalue weighted by Crippen LogP contribution is 2.27. The summed E-state index contributed by atoms with van der Waals surface area (Å²) in [4.78, 5) is 32.9. The monoisotopic (exact) mass is 526 g/mol. The van der Waals surface area contributed by atoms with Gasteiger partial charge in [-0.2, -0.15) is 0 Å². The van der Waals surface area contributed by atoms with Crippen LogP contribution < -0.4 is 14.8 Å². The first kappa shape index (κ1) is 27.4. The predicted molar refractivity (Wildman–Crippen MR) is 153 cm³/mol. The molecule has 0 saturated heterocycles. The van der Waals surface area contributed by atoms with Crippen LogP contribution in [0.5, 0.6) is 11.5 Å². The Labute approximate surface area is 229 Å². The summed E-state index contributed by atoms with van der Waals surface area (Å²) in [7, 11) is 3.17. The molecule has 202 valence electrons. The van der Waals surface area contributed by atoms with E-state index in [0.29, 0.717) is 23.0 Å². The standard InChI is InChI=1S/C31H34N4O4/c1-20(2)34(30(37)24-8-7-9-27(17-24)39-6)19-29(36)33-31-32-28(23-11-14-26(38-5)15-12-23)18-35(31)25-13-10-21(3)22(4)16-25/h7-18,20H,19H2,1-6H3,(H,32,33,36). The predicted octanol–water partition coefficient (Wildman–Crippen LogP) is 5.66. The Morgan fingerprint density at radius 2 is 1.64 bits per heavy atom. The zero-order valence-electron chi connectivity index (χ0n) is 23.2. The van der Waals surface area contributed by atoms with E-state index < -0.39 is 0 Å². The van der Waals surface area contributed by atoms with Crippen molar-refractivity contribution in [3.63, 3.8) is 0 Å². The van der Waals surface area contributed by atoms with Gasteiger partial charge in [0.05, 0.1) is 19.9 Å². The van der Waals surface area contributed by atoms with Crippen LogP contribution in [-0.2, 0) is 4.79 Å². The Morgan fingerprint density at radius 3 is 2.28 bits per heavy atom. The number of ether oxygens (including phenoxy) is 2. The number of methoxy groups -OCH3 is 2. The molecule has 0 aliphatic heterocycles. The summed E-state index contributed by atoms with van der Waals surface area (Å²) in [5.74, 6) is 1.09. The van der Waals surface area contributed by atoms with Crippen molar-refractivity contribution in [2.75, 3.05) is 26.1 Å². The molecule has 3 aromatic carbocycles. The number of amides is 2. The van der Waals surface area contributed by atoms with Crippen LogP contribution >= 0.6 is 0 Å². The van der Waals surface area contributed by atoms with Crippen molar-refractivity contribution in [2.24, 2.45) is 0 Å². The lowest BCUT2D eigenvalue weighted by Gasteiger charge is -2.26. The molecule has 1 heterocycles. The lowest BCUT2D eigenvalue weighted by Crippen LogP contribution is -2.42. The van der Waals surface area contributed by atoms with E-state index in [1.807, 2.05) is 67.9 Å². The number of aryl methyl sites for hydroxylation is 2. The average Bonchev–Trinajstić information content (AvgIpc) is 3.36. The highest BCUT2D eigenvalue weighted by Gasteiger charge is 2.23. The molecule has 8 heteroatoms. The van der Waals surface area contributed by atoms with Crippen molar-refractivity contribution in [2.45, 2.75) is 33.7 Å². The smallest absolute Gasteiger partial charge is 0.254 e. The van der Waals surface area contributed by atoms with Gasteiger partial charge in [-0.25, -0.2) is 4.98 Å². The van der Waals surface area contributed by atoms with Crippen LogP contribution in [0.25, 0.3) is 16.9 Å². The van der Waals surface area contributed by atoms with E-state index in [9.17, 15) is 9.59 Å². The Bertz CT molecular complexity index is 1470. The molecule has 0 saturated carbocycles. The van der Waals surface area contributed by atoms with Crippen LogP contribution in [0, 0.1) is 13.8 Å². The van der Waals surface area contributed by atoms with Gasteiger partial charge in [0.1, 0.15) is 18.0 Å². The number of aromatic nitrogens is 2. The Hall–Kier alpha value is -4.59. The van der Waals surface area contributed by atoms with Gasteiger partial charge in [0, 0.05) is 29.1 Å². The van der Waals surface area contributed by atoms with Gasteiger partial charge in [0.25, 0.3) is 5.91 Å². The molecule has 1 aromatic heterocycles. The number of carbonyl (C=O) groups excluding carboxylic acids is 2. The van der Waals surface area contributed by atoms with Crippen molar-refractivity contribution in [1.29, 1.82) is 0 Å². The van der Waals surface area contributed by atoms with Crippen molar-refractivity contribution in [3.8, 4) is 28.4 Å². The second-order valence-electron chi connectivity index (χ2n) is 9.62. The SMILES string of the molecule is COc1ccc(-c2cn(-c3ccc(C)c(C)c3)c(NC(=O)CN(C(=O)c3cccc(OC)c3)C(C)C)n2)cc1. The molecule has 0 spiro atoms. The largest absolute Gasteiger partial charge is 0.497 e. The summed E-state index contributed by atoms with van der Waals surface area (Å²) in [6.07, 6.45) is 1.89. The highest BCUT2D eigenvalue weighted by atomic mass is 16.5. The lowest BCUT2D eigenvalue weighted by molar-refractivity contribution is -0.117. The molecule has 0 bridgehead atoms. The van der Waals surface area contributed by atoms with Crippen molar-refractivity contribution < 1.29 is 19.1 Å². The molecule has 39 heavy (non-hydrogen) atoms. The zero-order valence-corrected chi connectivity index (χ0v) is 23.2. The van der Waals surface area contributed by atoms with E-state index in [-0.39, 0.29) is 24.4 Å². The number of imidazole rings is 1. The van der Waals surface area contributed by atoms with Crippen LogP contribution in [0.1, 0.15) is 35.3 Å². The molecule has 0 fully saturated rings. The third kappa shape index (κ3) is 6.29. The maximum Gasteiger partial charge on any atom is 0.254 e. The van der Waals surface area contributed by atoms with E-state index in [4.69, 9.17) is 14.5 Å². The third-order valence-corrected chi connectivity index (χ3v) is 6.63. The van der Waals surface area contributed by atoms with E-state index in [0.717, 1.165) is 22.6 Å². The van der Waals surface area contributed by atoms with Gasteiger partial charge < -0.3 is 14.4 Å². The summed E-state index contributed by atoms with van der Waals surface area (Å²) in [6, 6.07) is 20.4. The number of anilines is 1. The molecule has 4 aromatic rings. The summed E-state index contributed by atoms with van der Waals surface area (Å²) < 4.78 is 12.4. The van der Waals surface area contributed by atoms with Gasteiger partial charge in [-0.15, -0.1) is 0 Å². The average molecular weight is 527 g/mol. The molecule has 0 radical (unpaired) electrons. The number of carbonyl (C=O) groups is 2. The Kier molecular flexibility index (Phi) is 8.34. The first-order chi connectivity index (χ1) is 18.7. The van der Waals surface area contributed by atoms with Gasteiger partial charge >= 0.3 is 0 Å². The second kappa shape index (κ2) is 11.9. The maximum atomic E-state index is 13.3. The number of benzene rings is 3. The number of hydrogen-bond acceptors (Lipinski definition) is 5. The second-order valence-corrected chi connectivity index (χ2v) is 9.62. The highest BCUT2D eigenvalue weighted by molar-refractivity contribution is 5.99. The van der Waals surface area contributed by atoms with Gasteiger partial charge in [-0.05, 0) is 93.4 Å². The summed E-state index contributed by atoms with van der Waals surface area (Å²) in [6.45, 7) is 7.72. The molecular formula is C31H34N4O4. The molecule has 0 aliphatic carbocycles. The first-order valence-corrected chi connectivity index (χ1v) is 12.8. The van der Waals surface area contributed by atoms with E-state index in [2.05, 4.69) is 18.3 Å². The number of rotatable bonds is 9. The molecular weight excluding hydrogens is 492 g/mol. The van der Waals surface area contributed by atoms with E-state index in [1.54, 1.807) is 38.5 Å². The minimum Gasteiger partial charge on any atom is -0.497 e. The molecule has 0 unspecified atom stereocenters. The fourth-order valence-corrected chi connectivity index (χ4v) is 4.17. The van der Waals surface area contributed by atoms with Crippen LogP contribution in [0.3, 0.4) is 0 Å². The molecule has 8 nitrogen and oxygen atoms in total. The van der Waals surface area contributed by atoms with Crippen LogP contribution in [0.4, 0.5) is 5.95 Å². The van der Waals surface area contributed by atoms with Crippen LogP contribution in [0.2, 0.25) is 0 Å². The zero-order chi connectivity index (χ0) is 28.1. The summed E-state index contributed by atoms with van der Waals surface area (Å²) in [5, 5.41) is 2.94. The first-order valence-electron chi connectivity index (χ1n) is 12.8. The Balaban J connectivity index is 1.64. The quantitative estimate of drug-likeness (QED) is 0.304.